The lowest BCUT2D eigenvalue weighted by atomic mass is 10.1. The van der Waals surface area contributed by atoms with E-state index in [9.17, 15) is 19.1 Å². The Kier molecular flexibility index (Phi) is 6.16. The molecule has 1 aliphatic heterocycles. The monoisotopic (exact) mass is 356 g/mol. The highest BCUT2D eigenvalue weighted by atomic mass is 19.1. The summed E-state index contributed by atoms with van der Waals surface area (Å²) in [6, 6.07) is 2.87. The van der Waals surface area contributed by atoms with E-state index in [-0.39, 0.29) is 24.1 Å². The summed E-state index contributed by atoms with van der Waals surface area (Å²) in [5, 5.41) is 23.0. The summed E-state index contributed by atoms with van der Waals surface area (Å²) in [6.45, 7) is 1.48. The fraction of sp³-hybridized carbons (Fsp3) is 0.500. The Labute approximate surface area is 143 Å². The second kappa shape index (κ2) is 8.13. The summed E-state index contributed by atoms with van der Waals surface area (Å²) in [7, 11) is 0. The maximum atomic E-state index is 13.5. The second-order valence-corrected chi connectivity index (χ2v) is 5.97. The predicted octanol–water partition coefficient (Wildman–Crippen LogP) is 1.34. The number of anilines is 1. The van der Waals surface area contributed by atoms with Crippen LogP contribution in [0.25, 0.3) is 0 Å². The highest BCUT2D eigenvalue weighted by Crippen LogP contribution is 2.26. The quantitative estimate of drug-likeness (QED) is 0.586. The third-order valence-electron chi connectivity index (χ3n) is 3.69. The molecule has 0 radical (unpaired) electrons. The maximum Gasteiger partial charge on any atom is 0.337 e. The zero-order valence-electron chi connectivity index (χ0n) is 13.8. The molecule has 9 heteroatoms. The minimum Gasteiger partial charge on any atom is -0.489 e. The van der Waals surface area contributed by atoms with Crippen molar-refractivity contribution in [3.8, 4) is 5.75 Å². The normalized spacial score (nSPS) is 19.1. The van der Waals surface area contributed by atoms with Gasteiger partial charge in [-0.15, -0.1) is 0 Å². The minimum absolute atomic E-state index is 0.0441. The first kappa shape index (κ1) is 18.9. The van der Waals surface area contributed by atoms with Crippen LogP contribution in [-0.4, -0.2) is 53.7 Å². The van der Waals surface area contributed by atoms with Gasteiger partial charge in [-0.2, -0.15) is 0 Å². The van der Waals surface area contributed by atoms with E-state index in [2.05, 4.69) is 10.6 Å². The van der Waals surface area contributed by atoms with E-state index in [1.807, 2.05) is 0 Å². The zero-order chi connectivity index (χ0) is 18.4. The summed E-state index contributed by atoms with van der Waals surface area (Å²) in [5.41, 5.74) is -2.02. The fourth-order valence-corrected chi connectivity index (χ4v) is 2.18. The Morgan fingerprint density at radius 1 is 1.48 bits per heavy atom. The lowest BCUT2D eigenvalue weighted by molar-refractivity contribution is -0.155. The van der Waals surface area contributed by atoms with Crippen molar-refractivity contribution in [2.24, 2.45) is 0 Å². The molecule has 0 aromatic heterocycles. The first-order chi connectivity index (χ1) is 11.8. The van der Waals surface area contributed by atoms with Crippen LogP contribution in [0.4, 0.5) is 14.9 Å². The van der Waals surface area contributed by atoms with Gasteiger partial charge >= 0.3 is 12.0 Å². The highest BCUT2D eigenvalue weighted by Gasteiger charge is 2.30. The molecule has 2 amide bonds. The van der Waals surface area contributed by atoms with Crippen LogP contribution >= 0.6 is 0 Å². The van der Waals surface area contributed by atoms with Gasteiger partial charge in [0.2, 0.25) is 0 Å². The molecule has 138 valence electrons. The molecule has 0 spiro atoms. The van der Waals surface area contributed by atoms with Crippen LogP contribution in [0, 0.1) is 5.82 Å². The van der Waals surface area contributed by atoms with Crippen molar-refractivity contribution < 1.29 is 33.7 Å². The second-order valence-electron chi connectivity index (χ2n) is 5.97. The Balaban J connectivity index is 1.96. The number of hydrogen-bond donors (Lipinski definition) is 4. The molecule has 8 nitrogen and oxygen atoms in total. The average Bonchev–Trinajstić information content (AvgIpc) is 3.05. The average molecular weight is 356 g/mol. The molecule has 25 heavy (non-hydrogen) atoms. The van der Waals surface area contributed by atoms with Crippen LogP contribution in [0.5, 0.6) is 5.75 Å². The van der Waals surface area contributed by atoms with E-state index in [1.54, 1.807) is 0 Å². The van der Waals surface area contributed by atoms with Gasteiger partial charge in [0.1, 0.15) is 18.2 Å². The predicted molar refractivity (Wildman–Crippen MR) is 86.2 cm³/mol. The van der Waals surface area contributed by atoms with E-state index in [0.29, 0.717) is 6.61 Å². The minimum atomic E-state index is -2.11. The number of benzene rings is 1. The first-order valence-corrected chi connectivity index (χ1v) is 7.82. The van der Waals surface area contributed by atoms with Gasteiger partial charge in [-0.25, -0.2) is 14.0 Å². The number of nitrogens with one attached hydrogen (secondary N) is 2. The maximum absolute atomic E-state index is 13.5. The van der Waals surface area contributed by atoms with Crippen molar-refractivity contribution in [1.82, 2.24) is 5.32 Å². The Bertz CT molecular complexity index is 631. The van der Waals surface area contributed by atoms with Crippen LogP contribution in [0.3, 0.4) is 0 Å². The number of amides is 2. The summed E-state index contributed by atoms with van der Waals surface area (Å²) >= 11 is 0. The van der Waals surface area contributed by atoms with Crippen molar-refractivity contribution in [2.45, 2.75) is 31.5 Å². The van der Waals surface area contributed by atoms with E-state index >= 15 is 0 Å². The zero-order valence-corrected chi connectivity index (χ0v) is 13.8. The lowest BCUT2D eigenvalue weighted by Crippen LogP contribution is -2.47. The number of rotatable bonds is 7. The van der Waals surface area contributed by atoms with E-state index in [1.165, 1.54) is 12.1 Å². The largest absolute Gasteiger partial charge is 0.489 e. The topological polar surface area (TPSA) is 117 Å². The number of halogens is 1. The van der Waals surface area contributed by atoms with E-state index < -0.39 is 30.0 Å². The molecule has 4 N–H and O–H groups in total. The van der Waals surface area contributed by atoms with Gasteiger partial charge in [-0.05, 0) is 31.9 Å². The molecule has 1 fully saturated rings. The smallest absolute Gasteiger partial charge is 0.337 e. The van der Waals surface area contributed by atoms with Crippen molar-refractivity contribution in [2.75, 3.05) is 25.1 Å². The summed E-state index contributed by atoms with van der Waals surface area (Å²) < 4.78 is 24.5. The molecule has 1 heterocycles. The molecular formula is C16H21FN2O6. The molecule has 0 saturated carbocycles. The summed E-state index contributed by atoms with van der Waals surface area (Å²) in [4.78, 5) is 22.7. The van der Waals surface area contributed by atoms with Crippen molar-refractivity contribution in [3.05, 3.63) is 24.0 Å². The van der Waals surface area contributed by atoms with Gasteiger partial charge in [0.25, 0.3) is 0 Å². The lowest BCUT2D eigenvalue weighted by Gasteiger charge is -2.19. The molecular weight excluding hydrogens is 335 g/mol. The number of carboxylic acids is 1. The van der Waals surface area contributed by atoms with Crippen LogP contribution in [0.1, 0.15) is 19.8 Å². The van der Waals surface area contributed by atoms with Gasteiger partial charge in [0.15, 0.2) is 5.60 Å². The Morgan fingerprint density at radius 3 is 2.88 bits per heavy atom. The molecule has 0 bridgehead atoms. The van der Waals surface area contributed by atoms with Gasteiger partial charge < -0.3 is 30.3 Å². The fourth-order valence-electron chi connectivity index (χ4n) is 2.18. The van der Waals surface area contributed by atoms with Crippen LogP contribution < -0.4 is 15.4 Å². The number of carbonyl (C=O) groups excluding carboxylic acids is 1. The van der Waals surface area contributed by atoms with Gasteiger partial charge in [0, 0.05) is 12.7 Å². The Hall–Kier alpha value is -2.39. The molecule has 2 unspecified atom stereocenters. The Morgan fingerprint density at radius 2 is 2.24 bits per heavy atom. The van der Waals surface area contributed by atoms with Crippen molar-refractivity contribution >= 4 is 17.7 Å². The van der Waals surface area contributed by atoms with Gasteiger partial charge in [-0.3, -0.25) is 0 Å². The van der Waals surface area contributed by atoms with Gasteiger partial charge in [-0.1, -0.05) is 0 Å². The first-order valence-electron chi connectivity index (χ1n) is 7.82. The van der Waals surface area contributed by atoms with Crippen LogP contribution in [0.15, 0.2) is 18.2 Å². The summed E-state index contributed by atoms with van der Waals surface area (Å²) in [6.07, 6.45) is 1.78. The number of hydrogen-bond acceptors (Lipinski definition) is 5. The third-order valence-corrected chi connectivity index (χ3v) is 3.69. The SMILES string of the molecule is CC(O)(CNC(=O)Nc1cc(F)ccc1OCC1CCCO1)C(=O)O. The highest BCUT2D eigenvalue weighted by molar-refractivity contribution is 5.91. The third kappa shape index (κ3) is 5.57. The van der Waals surface area contributed by atoms with Crippen LogP contribution in [-0.2, 0) is 9.53 Å². The molecule has 1 aliphatic rings. The molecule has 2 atom stereocenters. The van der Waals surface area contributed by atoms with Gasteiger partial charge in [0.05, 0.1) is 18.3 Å². The number of carbonyl (C=O) groups is 2. The number of carboxylic acid groups (broad SMARTS) is 1. The number of aliphatic carboxylic acids is 1. The standard InChI is InChI=1S/C16H21FN2O6/c1-16(23,14(20)21)9-18-15(22)19-12-7-10(17)4-5-13(12)25-8-11-3-2-6-24-11/h4-5,7,11,23H,2-3,6,8-9H2,1H3,(H,20,21)(H2,18,19,22). The summed E-state index contributed by atoms with van der Waals surface area (Å²) in [5.74, 6) is -1.78. The van der Waals surface area contributed by atoms with E-state index in [4.69, 9.17) is 14.6 Å². The number of ether oxygens (including phenoxy) is 2. The molecule has 1 aromatic carbocycles. The molecule has 2 rings (SSSR count). The molecule has 1 aromatic rings. The van der Waals surface area contributed by atoms with Crippen LogP contribution in [0.2, 0.25) is 0 Å². The molecule has 0 aliphatic carbocycles. The van der Waals surface area contributed by atoms with Crippen molar-refractivity contribution in [3.63, 3.8) is 0 Å². The molecule has 1 saturated heterocycles. The number of urea groups is 1. The van der Waals surface area contributed by atoms with Crippen molar-refractivity contribution in [1.29, 1.82) is 0 Å². The van der Waals surface area contributed by atoms with E-state index in [0.717, 1.165) is 25.8 Å². The number of aliphatic hydroxyl groups is 1.